The van der Waals surface area contributed by atoms with Crippen LogP contribution in [0.3, 0.4) is 0 Å². The van der Waals surface area contributed by atoms with Gasteiger partial charge in [-0.05, 0) is 11.6 Å². The zero-order valence-electron chi connectivity index (χ0n) is 9.95. The van der Waals surface area contributed by atoms with Gasteiger partial charge in [0, 0.05) is 25.2 Å². The van der Waals surface area contributed by atoms with Crippen LogP contribution in [0.4, 0.5) is 13.2 Å². The van der Waals surface area contributed by atoms with E-state index in [1.807, 2.05) is 0 Å². The first kappa shape index (κ1) is 14.9. The van der Waals surface area contributed by atoms with Crippen molar-refractivity contribution < 1.29 is 18.3 Å². The number of rotatable bonds is 7. The first-order valence-corrected chi connectivity index (χ1v) is 5.65. The lowest BCUT2D eigenvalue weighted by molar-refractivity contribution is 0.0741. The normalized spacial score (nSPS) is 11.5. The maximum atomic E-state index is 13.5. The Bertz CT molecular complexity index is 374. The van der Waals surface area contributed by atoms with Crippen molar-refractivity contribution in [2.75, 3.05) is 19.7 Å². The molecule has 0 aliphatic rings. The molecule has 1 rings (SSSR count). The first-order valence-electron chi connectivity index (χ1n) is 5.65. The fraction of sp³-hybridized carbons (Fsp3) is 0.500. The predicted octanol–water partition coefficient (Wildman–Crippen LogP) is 1.34. The largest absolute Gasteiger partial charge is 0.395 e. The molecule has 6 heteroatoms. The average Bonchev–Trinajstić information content (AvgIpc) is 2.31. The molecule has 0 radical (unpaired) electrons. The molecule has 0 amide bonds. The highest BCUT2D eigenvalue weighted by atomic mass is 19.3. The second-order valence-corrected chi connectivity index (χ2v) is 3.98. The number of hydrogen-bond donors (Lipinski definition) is 2. The maximum absolute atomic E-state index is 13.5. The predicted molar refractivity (Wildman–Crippen MR) is 62.7 cm³/mol. The molecule has 3 nitrogen and oxygen atoms in total. The van der Waals surface area contributed by atoms with E-state index < -0.39 is 18.8 Å². The lowest BCUT2D eigenvalue weighted by Crippen LogP contribution is -2.31. The Morgan fingerprint density at radius 1 is 1.33 bits per heavy atom. The van der Waals surface area contributed by atoms with E-state index in [-0.39, 0.29) is 26.2 Å². The molecule has 18 heavy (non-hydrogen) atoms. The van der Waals surface area contributed by atoms with Gasteiger partial charge in [0.15, 0.2) is 0 Å². The van der Waals surface area contributed by atoms with Crippen LogP contribution < -0.4 is 5.73 Å². The molecule has 0 unspecified atom stereocenters. The molecule has 3 N–H and O–H groups in total. The molecular formula is C12H17F3N2O. The van der Waals surface area contributed by atoms with Crippen LogP contribution in [0.5, 0.6) is 0 Å². The maximum Gasteiger partial charge on any atom is 0.251 e. The summed E-state index contributed by atoms with van der Waals surface area (Å²) in [6.07, 6.45) is -2.52. The molecule has 0 aliphatic carbocycles. The third-order valence-corrected chi connectivity index (χ3v) is 2.55. The Kier molecular flexibility index (Phi) is 6.11. The number of hydrogen-bond acceptors (Lipinski definition) is 3. The zero-order valence-corrected chi connectivity index (χ0v) is 9.95. The zero-order chi connectivity index (χ0) is 13.5. The Morgan fingerprint density at radius 3 is 2.61 bits per heavy atom. The molecule has 0 saturated carbocycles. The van der Waals surface area contributed by atoms with Crippen LogP contribution in [0.15, 0.2) is 18.2 Å². The summed E-state index contributed by atoms with van der Waals surface area (Å²) in [7, 11) is 0. The smallest absolute Gasteiger partial charge is 0.251 e. The topological polar surface area (TPSA) is 49.5 Å². The lowest BCUT2D eigenvalue weighted by atomic mass is 10.1. The fourth-order valence-electron chi connectivity index (χ4n) is 1.69. The summed E-state index contributed by atoms with van der Waals surface area (Å²) in [5.41, 5.74) is 6.50. The minimum absolute atomic E-state index is 0.0323. The van der Waals surface area contributed by atoms with Gasteiger partial charge in [-0.3, -0.25) is 4.90 Å². The number of benzene rings is 1. The van der Waals surface area contributed by atoms with E-state index in [0.29, 0.717) is 5.56 Å². The second-order valence-electron chi connectivity index (χ2n) is 3.98. The third-order valence-electron chi connectivity index (χ3n) is 2.55. The Hall–Kier alpha value is -1.11. The number of alkyl halides is 2. The van der Waals surface area contributed by atoms with Crippen LogP contribution in [0.2, 0.25) is 0 Å². The van der Waals surface area contributed by atoms with Crippen LogP contribution in [0, 0.1) is 5.82 Å². The van der Waals surface area contributed by atoms with E-state index in [1.165, 1.54) is 11.0 Å². The van der Waals surface area contributed by atoms with Crippen molar-refractivity contribution in [3.8, 4) is 0 Å². The van der Waals surface area contributed by atoms with Gasteiger partial charge >= 0.3 is 0 Å². The fourth-order valence-corrected chi connectivity index (χ4v) is 1.69. The van der Waals surface area contributed by atoms with E-state index in [1.54, 1.807) is 12.1 Å². The summed E-state index contributed by atoms with van der Waals surface area (Å²) in [6.45, 7) is -0.360. The summed E-state index contributed by atoms with van der Waals surface area (Å²) in [5.74, 6) is -0.454. The van der Waals surface area contributed by atoms with Gasteiger partial charge in [-0.2, -0.15) is 0 Å². The van der Waals surface area contributed by atoms with E-state index in [4.69, 9.17) is 10.8 Å². The number of aliphatic hydroxyl groups is 1. The number of nitrogens with zero attached hydrogens (tertiary/aromatic N) is 1. The van der Waals surface area contributed by atoms with Gasteiger partial charge in [-0.1, -0.05) is 12.1 Å². The molecule has 0 fully saturated rings. The minimum Gasteiger partial charge on any atom is -0.395 e. The van der Waals surface area contributed by atoms with Gasteiger partial charge in [0.2, 0.25) is 0 Å². The summed E-state index contributed by atoms with van der Waals surface area (Å²) in [6, 6.07) is 4.39. The molecular weight excluding hydrogens is 245 g/mol. The molecule has 0 aromatic heterocycles. The molecule has 102 valence electrons. The third kappa shape index (κ3) is 4.64. The van der Waals surface area contributed by atoms with Crippen LogP contribution >= 0.6 is 0 Å². The van der Waals surface area contributed by atoms with Gasteiger partial charge in [-0.15, -0.1) is 0 Å². The molecule has 0 bridgehead atoms. The van der Waals surface area contributed by atoms with Crippen molar-refractivity contribution >= 4 is 0 Å². The molecule has 1 aromatic carbocycles. The van der Waals surface area contributed by atoms with E-state index in [0.717, 1.165) is 5.56 Å². The SMILES string of the molecule is NCc1ccc(F)c(CN(CCO)CC(F)F)c1. The van der Waals surface area contributed by atoms with Gasteiger partial charge in [0.05, 0.1) is 13.2 Å². The highest BCUT2D eigenvalue weighted by Gasteiger charge is 2.14. The number of aliphatic hydroxyl groups excluding tert-OH is 1. The molecule has 0 aliphatic heterocycles. The Labute approximate surface area is 104 Å². The van der Waals surface area contributed by atoms with E-state index >= 15 is 0 Å². The first-order chi connectivity index (χ1) is 8.56. The number of halogens is 3. The summed E-state index contributed by atoms with van der Waals surface area (Å²) in [4.78, 5) is 1.31. The minimum atomic E-state index is -2.52. The van der Waals surface area contributed by atoms with Crippen molar-refractivity contribution in [3.63, 3.8) is 0 Å². The van der Waals surface area contributed by atoms with E-state index in [9.17, 15) is 13.2 Å². The summed E-state index contributed by atoms with van der Waals surface area (Å²) >= 11 is 0. The van der Waals surface area contributed by atoms with Gasteiger partial charge < -0.3 is 10.8 Å². The molecule has 0 atom stereocenters. The van der Waals surface area contributed by atoms with E-state index in [2.05, 4.69) is 0 Å². The van der Waals surface area contributed by atoms with Crippen molar-refractivity contribution in [1.29, 1.82) is 0 Å². The average molecular weight is 262 g/mol. The molecule has 0 spiro atoms. The summed E-state index contributed by atoms with van der Waals surface area (Å²) < 4.78 is 38.2. The molecule has 0 heterocycles. The Balaban J connectivity index is 2.78. The second kappa shape index (κ2) is 7.35. The Morgan fingerprint density at radius 2 is 2.06 bits per heavy atom. The standard InChI is InChI=1S/C12H17F3N2O/c13-11-2-1-9(6-16)5-10(11)7-17(3-4-18)8-12(14)15/h1-2,5,12,18H,3-4,6-8,16H2. The highest BCUT2D eigenvalue weighted by Crippen LogP contribution is 2.14. The van der Waals surface area contributed by atoms with Crippen molar-refractivity contribution in [1.82, 2.24) is 4.90 Å². The highest BCUT2D eigenvalue weighted by molar-refractivity contribution is 5.25. The monoisotopic (exact) mass is 262 g/mol. The number of nitrogens with two attached hydrogens (primary N) is 1. The van der Waals surface area contributed by atoms with Crippen molar-refractivity contribution in [3.05, 3.63) is 35.1 Å². The van der Waals surface area contributed by atoms with Crippen molar-refractivity contribution in [2.45, 2.75) is 19.5 Å². The van der Waals surface area contributed by atoms with Crippen LogP contribution in [-0.4, -0.2) is 36.1 Å². The van der Waals surface area contributed by atoms with Gasteiger partial charge in [-0.25, -0.2) is 13.2 Å². The molecule has 1 aromatic rings. The van der Waals surface area contributed by atoms with Crippen LogP contribution in [0.25, 0.3) is 0 Å². The van der Waals surface area contributed by atoms with Gasteiger partial charge in [0.1, 0.15) is 5.82 Å². The van der Waals surface area contributed by atoms with Crippen LogP contribution in [-0.2, 0) is 13.1 Å². The quantitative estimate of drug-likeness (QED) is 0.779. The van der Waals surface area contributed by atoms with Gasteiger partial charge in [0.25, 0.3) is 6.43 Å². The lowest BCUT2D eigenvalue weighted by Gasteiger charge is -2.21. The summed E-state index contributed by atoms with van der Waals surface area (Å²) in [5, 5.41) is 8.80. The molecule has 0 saturated heterocycles. The van der Waals surface area contributed by atoms with Crippen LogP contribution in [0.1, 0.15) is 11.1 Å². The van der Waals surface area contributed by atoms with Crippen molar-refractivity contribution in [2.24, 2.45) is 5.73 Å².